The number of carbonyl (C=O) groups excluding carboxylic acids is 1. The van der Waals surface area contributed by atoms with Crippen LogP contribution in [0.1, 0.15) is 33.6 Å². The van der Waals surface area contributed by atoms with E-state index in [1.165, 1.54) is 6.07 Å². The molecule has 0 saturated heterocycles. The molecule has 0 aliphatic carbocycles. The van der Waals surface area contributed by atoms with Crippen LogP contribution in [0.25, 0.3) is 11.0 Å². The van der Waals surface area contributed by atoms with Crippen molar-refractivity contribution in [1.29, 1.82) is 0 Å². The molecule has 0 aliphatic rings. The fraction of sp³-hybridized carbons (Fsp3) is 0.444. The first-order valence-electron chi connectivity index (χ1n) is 8.19. The molecular weight excluding hydrogens is 348 g/mol. The van der Waals surface area contributed by atoms with Crippen LogP contribution in [0, 0.1) is 11.6 Å². The number of nitrogens with one attached hydrogen (secondary N) is 1. The average molecular weight is 369 g/mol. The van der Waals surface area contributed by atoms with Gasteiger partial charge in [-0.1, -0.05) is 0 Å². The van der Waals surface area contributed by atoms with E-state index in [1.54, 1.807) is 20.8 Å². The molecular formula is C18H21F2NO5. The predicted octanol–water partition coefficient (Wildman–Crippen LogP) is 3.75. The van der Waals surface area contributed by atoms with Gasteiger partial charge in [0.2, 0.25) is 5.82 Å². The quantitative estimate of drug-likeness (QED) is 0.620. The van der Waals surface area contributed by atoms with Crippen LogP contribution in [0.15, 0.2) is 27.4 Å². The van der Waals surface area contributed by atoms with E-state index in [1.807, 2.05) is 0 Å². The van der Waals surface area contributed by atoms with E-state index >= 15 is 0 Å². The fourth-order valence-electron chi connectivity index (χ4n) is 2.16. The van der Waals surface area contributed by atoms with Gasteiger partial charge in [0.1, 0.15) is 5.60 Å². The van der Waals surface area contributed by atoms with Gasteiger partial charge in [-0.25, -0.2) is 14.0 Å². The van der Waals surface area contributed by atoms with Gasteiger partial charge in [-0.05, 0) is 45.7 Å². The molecule has 1 amide bonds. The first kappa shape index (κ1) is 19.7. The highest BCUT2D eigenvalue weighted by Crippen LogP contribution is 2.29. The number of hydrogen-bond donors (Lipinski definition) is 1. The lowest BCUT2D eigenvalue weighted by molar-refractivity contribution is 0.0526. The Kier molecular flexibility index (Phi) is 6.18. The summed E-state index contributed by atoms with van der Waals surface area (Å²) in [5.74, 6) is -2.52. The second-order valence-corrected chi connectivity index (χ2v) is 6.66. The average Bonchev–Trinajstić information content (AvgIpc) is 2.52. The minimum Gasteiger partial charge on any atom is -0.488 e. The van der Waals surface area contributed by atoms with E-state index in [2.05, 4.69) is 5.32 Å². The van der Waals surface area contributed by atoms with Gasteiger partial charge in [0.15, 0.2) is 17.1 Å². The van der Waals surface area contributed by atoms with Crippen LogP contribution in [-0.4, -0.2) is 24.8 Å². The third-order valence-electron chi connectivity index (χ3n) is 3.25. The maximum absolute atomic E-state index is 14.3. The largest absolute Gasteiger partial charge is 0.488 e. The molecule has 0 bridgehead atoms. The van der Waals surface area contributed by atoms with Crippen molar-refractivity contribution in [2.75, 3.05) is 13.2 Å². The standard InChI is InChI=1S/C18H21F2NO5/c1-18(2,3)26-17(23)21-8-4-5-9-24-16-12(19)10-11-6-7-13(22)25-15(11)14(16)20/h6-7,10H,4-5,8-9H2,1-3H3,(H,21,23). The summed E-state index contributed by atoms with van der Waals surface area (Å²) in [7, 11) is 0. The van der Waals surface area contributed by atoms with E-state index in [0.29, 0.717) is 19.4 Å². The highest BCUT2D eigenvalue weighted by atomic mass is 19.1. The molecule has 1 N–H and O–H groups in total. The van der Waals surface area contributed by atoms with Gasteiger partial charge in [0, 0.05) is 18.0 Å². The van der Waals surface area contributed by atoms with Gasteiger partial charge >= 0.3 is 11.7 Å². The van der Waals surface area contributed by atoms with Gasteiger partial charge in [-0.2, -0.15) is 4.39 Å². The molecule has 1 aromatic heterocycles. The summed E-state index contributed by atoms with van der Waals surface area (Å²) in [4.78, 5) is 22.6. The topological polar surface area (TPSA) is 77.8 Å². The Bertz CT molecular complexity index is 842. The molecule has 0 unspecified atom stereocenters. The van der Waals surface area contributed by atoms with E-state index in [-0.39, 0.29) is 17.6 Å². The van der Waals surface area contributed by atoms with Gasteiger partial charge in [0.05, 0.1) is 6.61 Å². The smallest absolute Gasteiger partial charge is 0.407 e. The van der Waals surface area contributed by atoms with Crippen molar-refractivity contribution in [2.45, 2.75) is 39.2 Å². The molecule has 0 atom stereocenters. The number of alkyl carbamates (subject to hydrolysis) is 1. The highest BCUT2D eigenvalue weighted by molar-refractivity contribution is 5.78. The SMILES string of the molecule is CC(C)(C)OC(=O)NCCCCOc1c(F)cc2ccc(=O)oc2c1F. The van der Waals surface area contributed by atoms with E-state index in [0.717, 1.165) is 12.1 Å². The third kappa shape index (κ3) is 5.44. The number of unbranched alkanes of at least 4 members (excludes halogenated alkanes) is 1. The zero-order valence-electron chi connectivity index (χ0n) is 14.9. The Labute approximate surface area is 149 Å². The monoisotopic (exact) mass is 369 g/mol. The lowest BCUT2D eigenvalue weighted by Crippen LogP contribution is -2.33. The summed E-state index contributed by atoms with van der Waals surface area (Å²) < 4.78 is 43.2. The van der Waals surface area contributed by atoms with Crippen molar-refractivity contribution in [2.24, 2.45) is 0 Å². The Morgan fingerprint density at radius 2 is 1.96 bits per heavy atom. The van der Waals surface area contributed by atoms with Crippen LogP contribution in [0.2, 0.25) is 0 Å². The Morgan fingerprint density at radius 3 is 2.65 bits per heavy atom. The number of ether oxygens (including phenoxy) is 2. The van der Waals surface area contributed by atoms with E-state index in [9.17, 15) is 18.4 Å². The zero-order chi connectivity index (χ0) is 19.3. The van der Waals surface area contributed by atoms with Crippen molar-refractivity contribution < 1.29 is 27.5 Å². The molecule has 6 nitrogen and oxygen atoms in total. The number of benzene rings is 1. The predicted molar refractivity (Wildman–Crippen MR) is 91.4 cm³/mol. The number of rotatable bonds is 6. The van der Waals surface area contributed by atoms with Crippen molar-refractivity contribution in [3.05, 3.63) is 40.3 Å². The maximum atomic E-state index is 14.3. The number of hydrogen-bond acceptors (Lipinski definition) is 5. The lowest BCUT2D eigenvalue weighted by Gasteiger charge is -2.19. The van der Waals surface area contributed by atoms with Crippen molar-refractivity contribution in [3.63, 3.8) is 0 Å². The van der Waals surface area contributed by atoms with Gasteiger partial charge in [-0.15, -0.1) is 0 Å². The van der Waals surface area contributed by atoms with Crippen molar-refractivity contribution in [1.82, 2.24) is 5.32 Å². The van der Waals surface area contributed by atoms with Crippen LogP contribution in [0.4, 0.5) is 13.6 Å². The van der Waals surface area contributed by atoms with E-state index < -0.39 is 34.7 Å². The summed E-state index contributed by atoms with van der Waals surface area (Å²) in [6.45, 7) is 5.65. The summed E-state index contributed by atoms with van der Waals surface area (Å²) in [6.07, 6.45) is 0.455. The minimum atomic E-state index is -1.05. The maximum Gasteiger partial charge on any atom is 0.407 e. The van der Waals surface area contributed by atoms with Gasteiger partial charge < -0.3 is 19.2 Å². The molecule has 2 rings (SSSR count). The molecule has 8 heteroatoms. The fourth-order valence-corrected chi connectivity index (χ4v) is 2.16. The van der Waals surface area contributed by atoms with Crippen LogP contribution in [-0.2, 0) is 4.74 Å². The molecule has 2 aromatic rings. The first-order valence-corrected chi connectivity index (χ1v) is 8.19. The van der Waals surface area contributed by atoms with Gasteiger partial charge in [-0.3, -0.25) is 0 Å². The Balaban J connectivity index is 1.85. The molecule has 0 spiro atoms. The summed E-state index contributed by atoms with van der Waals surface area (Å²) in [5.41, 5.74) is -1.66. The molecule has 0 aliphatic heterocycles. The first-order chi connectivity index (χ1) is 12.2. The molecule has 0 fully saturated rings. The van der Waals surface area contributed by atoms with E-state index in [4.69, 9.17) is 13.9 Å². The molecule has 142 valence electrons. The summed E-state index contributed by atoms with van der Waals surface area (Å²) >= 11 is 0. The van der Waals surface area contributed by atoms with Crippen LogP contribution < -0.4 is 15.7 Å². The van der Waals surface area contributed by atoms with Crippen LogP contribution in [0.3, 0.4) is 0 Å². The summed E-state index contributed by atoms with van der Waals surface area (Å²) in [6, 6.07) is 3.40. The highest BCUT2D eigenvalue weighted by Gasteiger charge is 2.18. The molecule has 0 radical (unpaired) electrons. The number of carbonyl (C=O) groups is 1. The Hall–Kier alpha value is -2.64. The third-order valence-corrected chi connectivity index (χ3v) is 3.25. The number of fused-ring (bicyclic) bond motifs is 1. The zero-order valence-corrected chi connectivity index (χ0v) is 14.9. The second-order valence-electron chi connectivity index (χ2n) is 6.66. The molecule has 1 aromatic carbocycles. The Morgan fingerprint density at radius 1 is 1.23 bits per heavy atom. The molecule has 26 heavy (non-hydrogen) atoms. The minimum absolute atomic E-state index is 0.0341. The summed E-state index contributed by atoms with van der Waals surface area (Å²) in [5, 5.41) is 2.71. The van der Waals surface area contributed by atoms with Crippen molar-refractivity contribution >= 4 is 17.1 Å². The van der Waals surface area contributed by atoms with Crippen LogP contribution in [0.5, 0.6) is 5.75 Å². The normalized spacial score (nSPS) is 11.4. The lowest BCUT2D eigenvalue weighted by atomic mass is 10.2. The second kappa shape index (κ2) is 8.16. The number of amides is 1. The van der Waals surface area contributed by atoms with Crippen molar-refractivity contribution in [3.8, 4) is 5.75 Å². The molecule has 0 saturated carbocycles. The number of halogens is 2. The molecule has 1 heterocycles. The van der Waals surface area contributed by atoms with Crippen LogP contribution >= 0.6 is 0 Å². The van der Waals surface area contributed by atoms with Gasteiger partial charge in [0.25, 0.3) is 0 Å².